The van der Waals surface area contributed by atoms with Gasteiger partial charge in [-0.3, -0.25) is 9.48 Å². The molecule has 0 unspecified atom stereocenters. The number of urea groups is 1. The molecule has 4 rings (SSSR count). The largest absolute Gasteiger partial charge is 0.366 e. The highest BCUT2D eigenvalue weighted by Crippen LogP contribution is 2.27. The van der Waals surface area contributed by atoms with E-state index in [9.17, 15) is 9.59 Å². The van der Waals surface area contributed by atoms with Gasteiger partial charge in [0.25, 0.3) is 0 Å². The van der Waals surface area contributed by atoms with Crippen LogP contribution < -0.4 is 10.6 Å². The lowest BCUT2D eigenvalue weighted by molar-refractivity contribution is -0.139. The zero-order valence-corrected chi connectivity index (χ0v) is 14.5. The number of aromatic nitrogens is 2. The average Bonchev–Trinajstić information content (AvgIpc) is 3.02. The third-order valence-corrected chi connectivity index (χ3v) is 4.84. The first-order valence-corrected chi connectivity index (χ1v) is 8.66. The highest BCUT2D eigenvalue weighted by molar-refractivity contribution is 5.93. The number of amides is 3. The predicted octanol–water partition coefficient (Wildman–Crippen LogP) is 1.21. The molecule has 136 valence electrons. The molecule has 2 saturated heterocycles. The summed E-state index contributed by atoms with van der Waals surface area (Å²) in [7, 11) is 1.85. The number of carbonyl (C=O) groups excluding carboxylic acids is 2. The van der Waals surface area contributed by atoms with Crippen molar-refractivity contribution in [1.29, 1.82) is 0 Å². The van der Waals surface area contributed by atoms with Crippen LogP contribution in [0.25, 0.3) is 11.3 Å². The van der Waals surface area contributed by atoms with Crippen LogP contribution in [0.4, 0.5) is 10.5 Å². The Morgan fingerprint density at radius 2 is 2.15 bits per heavy atom. The summed E-state index contributed by atoms with van der Waals surface area (Å²) >= 11 is 0. The van der Waals surface area contributed by atoms with E-state index in [1.54, 1.807) is 15.8 Å². The molecule has 2 aliphatic heterocycles. The maximum absolute atomic E-state index is 12.7. The van der Waals surface area contributed by atoms with Gasteiger partial charge < -0.3 is 20.3 Å². The summed E-state index contributed by atoms with van der Waals surface area (Å²) in [6.07, 6.45) is 2.34. The molecule has 0 radical (unpaired) electrons. The summed E-state index contributed by atoms with van der Waals surface area (Å²) < 4.78 is 7.28. The monoisotopic (exact) mass is 355 g/mol. The zero-order valence-electron chi connectivity index (χ0n) is 14.5. The van der Waals surface area contributed by atoms with E-state index in [2.05, 4.69) is 15.7 Å². The minimum atomic E-state index is -0.201. The maximum Gasteiger partial charge on any atom is 0.322 e. The minimum absolute atomic E-state index is 0.0185. The molecule has 0 aliphatic carbocycles. The van der Waals surface area contributed by atoms with Crippen LogP contribution in [0.2, 0.25) is 0 Å². The second-order valence-corrected chi connectivity index (χ2v) is 6.58. The molecule has 2 aromatic rings. The Balaban J connectivity index is 1.48. The molecule has 0 saturated carbocycles. The van der Waals surface area contributed by atoms with Crippen LogP contribution in [0.5, 0.6) is 0 Å². The van der Waals surface area contributed by atoms with Gasteiger partial charge in [0.1, 0.15) is 6.61 Å². The Morgan fingerprint density at radius 1 is 1.35 bits per heavy atom. The number of carbonyl (C=O) groups is 2. The van der Waals surface area contributed by atoms with Gasteiger partial charge in [0, 0.05) is 25.7 Å². The van der Waals surface area contributed by atoms with Crippen molar-refractivity contribution in [2.24, 2.45) is 7.05 Å². The summed E-state index contributed by atoms with van der Waals surface area (Å²) in [5.41, 5.74) is 2.49. The lowest BCUT2D eigenvalue weighted by atomic mass is 10.0. The number of morpholine rings is 1. The average molecular weight is 355 g/mol. The Labute approximate surface area is 151 Å². The van der Waals surface area contributed by atoms with Crippen LogP contribution in [-0.2, 0) is 16.6 Å². The van der Waals surface area contributed by atoms with E-state index >= 15 is 0 Å². The molecule has 1 aromatic heterocycles. The molecule has 3 heterocycles. The minimum Gasteiger partial charge on any atom is -0.366 e. The first-order chi connectivity index (χ1) is 12.6. The molecule has 8 heteroatoms. The Morgan fingerprint density at radius 3 is 2.96 bits per heavy atom. The molecule has 2 aliphatic rings. The van der Waals surface area contributed by atoms with Crippen molar-refractivity contribution in [2.45, 2.75) is 18.6 Å². The van der Waals surface area contributed by atoms with Gasteiger partial charge in [-0.15, -0.1) is 0 Å². The Bertz CT molecular complexity index is 819. The van der Waals surface area contributed by atoms with Crippen LogP contribution in [0.15, 0.2) is 36.5 Å². The number of aryl methyl sites for hydroxylation is 1. The van der Waals surface area contributed by atoms with Gasteiger partial charge in [-0.1, -0.05) is 30.3 Å². The smallest absolute Gasteiger partial charge is 0.322 e. The van der Waals surface area contributed by atoms with Crippen molar-refractivity contribution in [3.8, 4) is 11.3 Å². The van der Waals surface area contributed by atoms with Crippen LogP contribution >= 0.6 is 0 Å². The summed E-state index contributed by atoms with van der Waals surface area (Å²) in [6.45, 7) is 1.12. The number of ether oxygens (including phenoxy) is 1. The number of fused-ring (bicyclic) bond motifs is 1. The molecule has 2 atom stereocenters. The van der Waals surface area contributed by atoms with Crippen molar-refractivity contribution >= 4 is 17.6 Å². The Hall–Kier alpha value is -2.87. The van der Waals surface area contributed by atoms with Gasteiger partial charge in [-0.2, -0.15) is 5.10 Å². The molecular weight excluding hydrogens is 334 g/mol. The van der Waals surface area contributed by atoms with Crippen molar-refractivity contribution in [3.63, 3.8) is 0 Å². The lowest BCUT2D eigenvalue weighted by Crippen LogP contribution is -2.61. The van der Waals surface area contributed by atoms with E-state index in [1.165, 1.54) is 0 Å². The van der Waals surface area contributed by atoms with Crippen LogP contribution in [0.1, 0.15) is 6.42 Å². The lowest BCUT2D eigenvalue weighted by Gasteiger charge is -2.40. The SMILES string of the molecule is Cn1ncc(NC(=O)N2CC[C@@H]3OCC(=O)N[C@H]3C2)c1-c1ccccc1. The molecule has 0 spiro atoms. The fourth-order valence-electron chi connectivity index (χ4n) is 3.55. The second-order valence-electron chi connectivity index (χ2n) is 6.58. The van der Waals surface area contributed by atoms with E-state index in [1.807, 2.05) is 37.4 Å². The number of anilines is 1. The molecule has 8 nitrogen and oxygen atoms in total. The van der Waals surface area contributed by atoms with Crippen LogP contribution in [-0.4, -0.2) is 58.5 Å². The fourth-order valence-corrected chi connectivity index (χ4v) is 3.55. The first-order valence-electron chi connectivity index (χ1n) is 8.66. The van der Waals surface area contributed by atoms with Gasteiger partial charge in [0.05, 0.1) is 29.7 Å². The summed E-state index contributed by atoms with van der Waals surface area (Å²) in [5.74, 6) is -0.132. The summed E-state index contributed by atoms with van der Waals surface area (Å²) in [5, 5.41) is 10.1. The standard InChI is InChI=1S/C18H21N5O3/c1-22-17(12-5-3-2-4-6-12)13(9-19-22)21-18(25)23-8-7-15-14(10-23)20-16(24)11-26-15/h2-6,9,14-15H,7-8,10-11H2,1H3,(H,20,24)(H,21,25)/t14-,15-/m0/s1. The predicted molar refractivity (Wildman–Crippen MR) is 95.5 cm³/mol. The zero-order chi connectivity index (χ0) is 18.1. The number of hydrogen-bond acceptors (Lipinski definition) is 4. The molecule has 1 aromatic carbocycles. The number of likely N-dealkylation sites (tertiary alicyclic amines) is 1. The fraction of sp³-hybridized carbons (Fsp3) is 0.389. The summed E-state index contributed by atoms with van der Waals surface area (Å²) in [4.78, 5) is 26.0. The number of nitrogens with one attached hydrogen (secondary N) is 2. The number of hydrogen-bond donors (Lipinski definition) is 2. The number of nitrogens with zero attached hydrogens (tertiary/aromatic N) is 3. The van der Waals surface area contributed by atoms with Crippen LogP contribution in [0, 0.1) is 0 Å². The highest BCUT2D eigenvalue weighted by Gasteiger charge is 2.36. The number of rotatable bonds is 2. The normalized spacial score (nSPS) is 22.5. The van der Waals surface area contributed by atoms with Gasteiger partial charge in [-0.25, -0.2) is 4.79 Å². The van der Waals surface area contributed by atoms with Gasteiger partial charge in [0.2, 0.25) is 5.91 Å². The van der Waals surface area contributed by atoms with E-state index in [0.29, 0.717) is 25.2 Å². The second kappa shape index (κ2) is 6.80. The van der Waals surface area contributed by atoms with Crippen LogP contribution in [0.3, 0.4) is 0 Å². The third-order valence-electron chi connectivity index (χ3n) is 4.84. The van der Waals surface area contributed by atoms with Crippen molar-refractivity contribution in [3.05, 3.63) is 36.5 Å². The topological polar surface area (TPSA) is 88.5 Å². The van der Waals surface area contributed by atoms with E-state index in [4.69, 9.17) is 4.74 Å². The van der Waals surface area contributed by atoms with Crippen molar-refractivity contribution < 1.29 is 14.3 Å². The molecule has 0 bridgehead atoms. The Kier molecular flexibility index (Phi) is 4.34. The van der Waals surface area contributed by atoms with Gasteiger partial charge in [-0.05, 0) is 6.42 Å². The molecule has 2 fully saturated rings. The summed E-state index contributed by atoms with van der Waals surface area (Å²) in [6, 6.07) is 9.45. The van der Waals surface area contributed by atoms with Crippen molar-refractivity contribution in [2.75, 3.05) is 25.0 Å². The molecule has 2 N–H and O–H groups in total. The number of benzene rings is 1. The molecule has 3 amide bonds. The third kappa shape index (κ3) is 3.15. The molecule has 26 heavy (non-hydrogen) atoms. The highest BCUT2D eigenvalue weighted by atomic mass is 16.5. The van der Waals surface area contributed by atoms with E-state index < -0.39 is 0 Å². The quantitative estimate of drug-likeness (QED) is 0.847. The maximum atomic E-state index is 12.7. The van der Waals surface area contributed by atoms with E-state index in [0.717, 1.165) is 11.3 Å². The van der Waals surface area contributed by atoms with Gasteiger partial charge in [0.15, 0.2) is 0 Å². The van der Waals surface area contributed by atoms with Gasteiger partial charge >= 0.3 is 6.03 Å². The first kappa shape index (κ1) is 16.6. The molecular formula is C18H21N5O3. The van der Waals surface area contributed by atoms with Crippen molar-refractivity contribution in [1.82, 2.24) is 20.0 Å². The number of piperidine rings is 1. The van der Waals surface area contributed by atoms with E-state index in [-0.39, 0.29) is 30.7 Å².